The minimum absolute atomic E-state index is 0.158. The number of unbranched alkanes of at least 4 members (excludes halogenated alkanes) is 2. The molecule has 0 bridgehead atoms. The van der Waals surface area contributed by atoms with Crippen molar-refractivity contribution in [2.45, 2.75) is 65.0 Å². The summed E-state index contributed by atoms with van der Waals surface area (Å²) in [5.74, 6) is 0.143. The molecule has 3 aromatic rings. The monoisotopic (exact) mass is 434 g/mol. The van der Waals surface area contributed by atoms with E-state index in [0.717, 1.165) is 47.9 Å². The maximum absolute atomic E-state index is 14.6. The summed E-state index contributed by atoms with van der Waals surface area (Å²) >= 11 is 0. The maximum atomic E-state index is 14.6. The van der Waals surface area contributed by atoms with Gasteiger partial charge in [-0.15, -0.1) is 0 Å². The van der Waals surface area contributed by atoms with E-state index < -0.39 is 11.6 Å². The lowest BCUT2D eigenvalue weighted by molar-refractivity contribution is -0.147. The molecule has 5 heteroatoms. The fourth-order valence-corrected chi connectivity index (χ4v) is 3.46. The van der Waals surface area contributed by atoms with Gasteiger partial charge in [-0.25, -0.2) is 19.2 Å². The SMILES string of the molecule is CCCCc1cnc(-c2ccccc2-c2ccc(OC(=O)C(C)(F)CCCC)cc2)nc1. The number of nitrogens with zero attached hydrogens (tertiary/aromatic N) is 2. The number of carbonyl (C=O) groups excluding carboxylic acids is 1. The summed E-state index contributed by atoms with van der Waals surface area (Å²) in [5.41, 5.74) is 1.99. The minimum atomic E-state index is -1.98. The molecule has 0 saturated heterocycles. The Balaban J connectivity index is 1.78. The van der Waals surface area contributed by atoms with Crippen LogP contribution in [0.25, 0.3) is 22.5 Å². The first-order valence-electron chi connectivity index (χ1n) is 11.4. The molecule has 1 heterocycles. The molecule has 32 heavy (non-hydrogen) atoms. The Kier molecular flexibility index (Phi) is 8.09. The van der Waals surface area contributed by atoms with E-state index in [0.29, 0.717) is 18.0 Å². The number of alkyl halides is 1. The fraction of sp³-hybridized carbons (Fsp3) is 0.370. The lowest BCUT2D eigenvalue weighted by Crippen LogP contribution is -2.34. The van der Waals surface area contributed by atoms with Crippen LogP contribution in [0, 0.1) is 0 Å². The van der Waals surface area contributed by atoms with Crippen LogP contribution in [0.4, 0.5) is 4.39 Å². The van der Waals surface area contributed by atoms with Gasteiger partial charge in [0.15, 0.2) is 5.82 Å². The summed E-state index contributed by atoms with van der Waals surface area (Å²) in [7, 11) is 0. The molecular formula is C27H31FN2O2. The van der Waals surface area contributed by atoms with Crippen molar-refractivity contribution in [3.8, 4) is 28.3 Å². The third-order valence-electron chi connectivity index (χ3n) is 5.49. The molecule has 0 saturated carbocycles. The van der Waals surface area contributed by atoms with Crippen LogP contribution >= 0.6 is 0 Å². The van der Waals surface area contributed by atoms with E-state index in [-0.39, 0.29) is 6.42 Å². The second kappa shape index (κ2) is 11.0. The van der Waals surface area contributed by atoms with Crippen molar-refractivity contribution in [2.75, 3.05) is 0 Å². The number of ether oxygens (including phenoxy) is 1. The number of hydrogen-bond acceptors (Lipinski definition) is 4. The Labute approximate surface area is 189 Å². The van der Waals surface area contributed by atoms with Gasteiger partial charge in [-0.2, -0.15) is 0 Å². The van der Waals surface area contributed by atoms with Gasteiger partial charge < -0.3 is 4.74 Å². The Morgan fingerprint density at radius 3 is 2.19 bits per heavy atom. The minimum Gasteiger partial charge on any atom is -0.424 e. The van der Waals surface area contributed by atoms with E-state index in [2.05, 4.69) is 16.9 Å². The van der Waals surface area contributed by atoms with Crippen LogP contribution in [0.3, 0.4) is 0 Å². The number of carbonyl (C=O) groups is 1. The molecule has 0 aliphatic carbocycles. The van der Waals surface area contributed by atoms with E-state index in [9.17, 15) is 9.18 Å². The van der Waals surface area contributed by atoms with E-state index in [4.69, 9.17) is 4.74 Å². The van der Waals surface area contributed by atoms with Crippen LogP contribution in [0.2, 0.25) is 0 Å². The molecule has 0 radical (unpaired) electrons. The van der Waals surface area contributed by atoms with E-state index in [1.807, 2.05) is 55.7 Å². The fourth-order valence-electron chi connectivity index (χ4n) is 3.46. The molecular weight excluding hydrogens is 403 g/mol. The number of aromatic nitrogens is 2. The molecule has 3 rings (SSSR count). The first-order valence-corrected chi connectivity index (χ1v) is 11.4. The third-order valence-corrected chi connectivity index (χ3v) is 5.49. The van der Waals surface area contributed by atoms with E-state index in [1.54, 1.807) is 12.1 Å². The highest BCUT2D eigenvalue weighted by atomic mass is 19.1. The summed E-state index contributed by atoms with van der Waals surface area (Å²) in [6, 6.07) is 15.0. The molecule has 1 unspecified atom stereocenters. The highest BCUT2D eigenvalue weighted by Crippen LogP contribution is 2.31. The van der Waals surface area contributed by atoms with Crippen molar-refractivity contribution in [1.82, 2.24) is 9.97 Å². The second-order valence-electron chi connectivity index (χ2n) is 8.28. The highest BCUT2D eigenvalue weighted by molar-refractivity contribution is 5.82. The van der Waals surface area contributed by atoms with Crippen molar-refractivity contribution < 1.29 is 13.9 Å². The highest BCUT2D eigenvalue weighted by Gasteiger charge is 2.34. The van der Waals surface area contributed by atoms with Gasteiger partial charge in [-0.1, -0.05) is 63.1 Å². The second-order valence-corrected chi connectivity index (χ2v) is 8.28. The zero-order valence-corrected chi connectivity index (χ0v) is 19.1. The van der Waals surface area contributed by atoms with Crippen molar-refractivity contribution >= 4 is 5.97 Å². The van der Waals surface area contributed by atoms with Crippen molar-refractivity contribution in [3.63, 3.8) is 0 Å². The third kappa shape index (κ3) is 6.00. The largest absolute Gasteiger partial charge is 0.424 e. The van der Waals surface area contributed by atoms with Gasteiger partial charge in [0.1, 0.15) is 5.75 Å². The van der Waals surface area contributed by atoms with Crippen LogP contribution < -0.4 is 4.74 Å². The summed E-state index contributed by atoms with van der Waals surface area (Å²) in [4.78, 5) is 21.4. The number of rotatable bonds is 10. The number of aryl methyl sites for hydroxylation is 1. The lowest BCUT2D eigenvalue weighted by Gasteiger charge is -2.18. The van der Waals surface area contributed by atoms with Gasteiger partial charge in [0, 0.05) is 18.0 Å². The van der Waals surface area contributed by atoms with Crippen LogP contribution in [-0.4, -0.2) is 21.6 Å². The van der Waals surface area contributed by atoms with Crippen molar-refractivity contribution in [1.29, 1.82) is 0 Å². The van der Waals surface area contributed by atoms with Gasteiger partial charge in [0.25, 0.3) is 0 Å². The molecule has 1 aromatic heterocycles. The standard InChI is InChI=1S/C27H31FN2O2/c1-4-6-10-20-18-29-25(30-19-20)24-12-9-8-11-23(24)21-13-15-22(16-14-21)32-26(31)27(3,28)17-7-5-2/h8-9,11-16,18-19H,4-7,10,17H2,1-3H3. The molecule has 4 nitrogen and oxygen atoms in total. The Bertz CT molecular complexity index is 1010. The molecule has 0 aliphatic heterocycles. The van der Waals surface area contributed by atoms with Crippen LogP contribution in [0.15, 0.2) is 60.9 Å². The zero-order chi connectivity index (χ0) is 23.0. The zero-order valence-electron chi connectivity index (χ0n) is 19.1. The lowest BCUT2D eigenvalue weighted by atomic mass is 9.99. The van der Waals surface area contributed by atoms with Gasteiger partial charge in [0.2, 0.25) is 5.67 Å². The van der Waals surface area contributed by atoms with Gasteiger partial charge in [-0.3, -0.25) is 0 Å². The molecule has 0 aliphatic rings. The summed E-state index contributed by atoms with van der Waals surface area (Å²) in [5, 5.41) is 0. The number of benzene rings is 2. The normalized spacial score (nSPS) is 12.9. The van der Waals surface area contributed by atoms with Gasteiger partial charge >= 0.3 is 5.97 Å². The molecule has 1 atom stereocenters. The predicted molar refractivity (Wildman–Crippen MR) is 126 cm³/mol. The van der Waals surface area contributed by atoms with E-state index >= 15 is 0 Å². The summed E-state index contributed by atoms with van der Waals surface area (Å²) in [6.07, 6.45) is 8.65. The van der Waals surface area contributed by atoms with Crippen molar-refractivity contribution in [3.05, 3.63) is 66.5 Å². The number of esters is 1. The number of hydrogen-bond donors (Lipinski definition) is 0. The molecule has 0 N–H and O–H groups in total. The van der Waals surface area contributed by atoms with Crippen LogP contribution in [0.5, 0.6) is 5.75 Å². The summed E-state index contributed by atoms with van der Waals surface area (Å²) < 4.78 is 19.8. The number of halogens is 1. The molecule has 0 spiro atoms. The van der Waals surface area contributed by atoms with Crippen molar-refractivity contribution in [2.24, 2.45) is 0 Å². The molecule has 0 amide bonds. The first-order chi connectivity index (χ1) is 15.4. The Hall–Kier alpha value is -3.08. The topological polar surface area (TPSA) is 52.1 Å². The maximum Gasteiger partial charge on any atom is 0.348 e. The Morgan fingerprint density at radius 1 is 0.938 bits per heavy atom. The van der Waals surface area contributed by atoms with Gasteiger partial charge in [0.05, 0.1) is 0 Å². The smallest absolute Gasteiger partial charge is 0.348 e. The van der Waals surface area contributed by atoms with Crippen LogP contribution in [0.1, 0.15) is 58.4 Å². The van der Waals surface area contributed by atoms with E-state index in [1.165, 1.54) is 6.92 Å². The predicted octanol–water partition coefficient (Wildman–Crippen LogP) is 6.98. The quantitative estimate of drug-likeness (QED) is 0.255. The average molecular weight is 435 g/mol. The molecule has 2 aromatic carbocycles. The average Bonchev–Trinajstić information content (AvgIpc) is 2.82. The molecule has 168 valence electrons. The molecule has 0 fully saturated rings. The van der Waals surface area contributed by atoms with Crippen LogP contribution in [-0.2, 0) is 11.2 Å². The Morgan fingerprint density at radius 2 is 1.56 bits per heavy atom. The summed E-state index contributed by atoms with van der Waals surface area (Å²) in [6.45, 7) is 5.41. The first kappa shape index (κ1) is 23.6. The van der Waals surface area contributed by atoms with Gasteiger partial charge in [-0.05, 0) is 61.4 Å².